The zero-order valence-electron chi connectivity index (χ0n) is 15.4. The van der Waals surface area contributed by atoms with Gasteiger partial charge in [0.15, 0.2) is 32.5 Å². The van der Waals surface area contributed by atoms with E-state index in [1.165, 1.54) is 5.56 Å². The zero-order valence-corrected chi connectivity index (χ0v) is 15.4. The third kappa shape index (κ3) is 6.40. The van der Waals surface area contributed by atoms with E-state index in [0.717, 1.165) is 23.6 Å². The van der Waals surface area contributed by atoms with Gasteiger partial charge in [-0.3, -0.25) is 0 Å². The van der Waals surface area contributed by atoms with E-state index in [9.17, 15) is 0 Å². The maximum absolute atomic E-state index is 5.57. The molecular weight excluding hydrogens is 342 g/mol. The van der Waals surface area contributed by atoms with Crippen LogP contribution in [0.3, 0.4) is 0 Å². The zero-order chi connectivity index (χ0) is 18.7. The number of methoxy groups -OCH3 is 1. The molecule has 3 rings (SSSR count). The van der Waals surface area contributed by atoms with E-state index in [0.29, 0.717) is 6.61 Å². The fraction of sp³-hybridized carbons (Fsp3) is 0.227. The molecule has 0 saturated heterocycles. The van der Waals surface area contributed by atoms with Gasteiger partial charge in [0.2, 0.25) is 0 Å². The fourth-order valence-electron chi connectivity index (χ4n) is 2.50. The highest BCUT2D eigenvalue weighted by Crippen LogP contribution is 2.12. The van der Waals surface area contributed by atoms with Crippen molar-refractivity contribution in [2.75, 3.05) is 20.7 Å². The Bertz CT molecular complexity index is 789. The third-order valence-electron chi connectivity index (χ3n) is 3.91. The van der Waals surface area contributed by atoms with Crippen LogP contribution < -0.4 is 14.0 Å². The number of benzene rings is 2. The van der Waals surface area contributed by atoms with E-state index in [-0.39, 0.29) is 13.6 Å². The van der Waals surface area contributed by atoms with E-state index in [4.69, 9.17) is 18.9 Å². The first-order chi connectivity index (χ1) is 13.3. The van der Waals surface area contributed by atoms with E-state index >= 15 is 0 Å². The van der Waals surface area contributed by atoms with Crippen molar-refractivity contribution in [1.29, 1.82) is 0 Å². The summed E-state index contributed by atoms with van der Waals surface area (Å²) in [6, 6.07) is 21.8. The monoisotopic (exact) mass is 366 g/mol. The van der Waals surface area contributed by atoms with E-state index in [1.54, 1.807) is 7.11 Å². The summed E-state index contributed by atoms with van der Waals surface area (Å²) in [7, 11) is 1.61. The van der Waals surface area contributed by atoms with Gasteiger partial charge in [0.05, 0.1) is 6.61 Å². The van der Waals surface area contributed by atoms with Crippen LogP contribution in [0.25, 0.3) is 0 Å². The van der Waals surface area contributed by atoms with Crippen molar-refractivity contribution in [3.8, 4) is 11.5 Å². The second-order valence-electron chi connectivity index (χ2n) is 6.00. The lowest BCUT2D eigenvalue weighted by molar-refractivity contribution is -0.688. The Labute approximate surface area is 159 Å². The topological polar surface area (TPSA) is 40.8 Å². The van der Waals surface area contributed by atoms with Gasteiger partial charge in [-0.15, -0.1) is 0 Å². The Morgan fingerprint density at radius 2 is 1.37 bits per heavy atom. The quantitative estimate of drug-likeness (QED) is 0.313. The minimum Gasteiger partial charge on any atom is -0.468 e. The Morgan fingerprint density at radius 1 is 0.704 bits per heavy atom. The molecule has 0 saturated carbocycles. The summed E-state index contributed by atoms with van der Waals surface area (Å²) in [6.45, 7) is 1.80. The third-order valence-corrected chi connectivity index (χ3v) is 3.91. The maximum Gasteiger partial charge on any atom is 0.189 e. The molecule has 0 bridgehead atoms. The first-order valence-corrected chi connectivity index (χ1v) is 8.78. The molecule has 140 valence electrons. The van der Waals surface area contributed by atoms with Gasteiger partial charge in [0.25, 0.3) is 0 Å². The molecule has 1 aromatic heterocycles. The Kier molecular flexibility index (Phi) is 7.21. The molecule has 0 spiro atoms. The normalized spacial score (nSPS) is 10.6. The molecule has 0 aliphatic heterocycles. The lowest BCUT2D eigenvalue weighted by atomic mass is 10.2. The number of ether oxygens (including phenoxy) is 4. The number of aromatic nitrogens is 1. The molecule has 27 heavy (non-hydrogen) atoms. The number of para-hydroxylation sites is 1. The van der Waals surface area contributed by atoms with Crippen molar-refractivity contribution in [3.63, 3.8) is 0 Å². The van der Waals surface area contributed by atoms with Crippen LogP contribution >= 0.6 is 0 Å². The van der Waals surface area contributed by atoms with E-state index < -0.39 is 0 Å². The standard InChI is InChI=1S/C22H24NO4/c1-24-17-26-22-9-7-19(8-10-22)15-23-13-11-20(12-14-23)16-25-18-27-21-5-3-2-4-6-21/h2-14H,15-18H2,1H3/q+1. The number of pyridine rings is 1. The smallest absolute Gasteiger partial charge is 0.189 e. The Morgan fingerprint density at radius 3 is 2.07 bits per heavy atom. The first kappa shape index (κ1) is 18.9. The summed E-state index contributed by atoms with van der Waals surface area (Å²) >= 11 is 0. The molecular formula is C22H24NO4+. The van der Waals surface area contributed by atoms with Gasteiger partial charge in [0, 0.05) is 24.8 Å². The number of hydrogen-bond donors (Lipinski definition) is 0. The summed E-state index contributed by atoms with van der Waals surface area (Å²) in [5, 5.41) is 0. The van der Waals surface area contributed by atoms with Gasteiger partial charge < -0.3 is 18.9 Å². The summed E-state index contributed by atoms with van der Waals surface area (Å²) < 4.78 is 23.5. The fourth-order valence-corrected chi connectivity index (χ4v) is 2.50. The number of hydrogen-bond acceptors (Lipinski definition) is 4. The van der Waals surface area contributed by atoms with E-state index in [1.807, 2.05) is 54.9 Å². The molecule has 0 unspecified atom stereocenters. The average Bonchev–Trinajstić information content (AvgIpc) is 2.73. The van der Waals surface area contributed by atoms with Crippen molar-refractivity contribution in [2.24, 2.45) is 0 Å². The van der Waals surface area contributed by atoms with Crippen LogP contribution in [0.2, 0.25) is 0 Å². The molecule has 0 radical (unpaired) electrons. The van der Waals surface area contributed by atoms with E-state index in [2.05, 4.69) is 28.8 Å². The van der Waals surface area contributed by atoms with Crippen LogP contribution in [0.15, 0.2) is 79.1 Å². The predicted octanol–water partition coefficient (Wildman–Crippen LogP) is 3.56. The molecule has 5 heteroatoms. The van der Waals surface area contributed by atoms with Crippen molar-refractivity contribution in [1.82, 2.24) is 0 Å². The van der Waals surface area contributed by atoms with Crippen LogP contribution in [0.4, 0.5) is 0 Å². The van der Waals surface area contributed by atoms with Crippen molar-refractivity contribution in [2.45, 2.75) is 13.2 Å². The molecule has 0 atom stereocenters. The molecule has 0 N–H and O–H groups in total. The molecule has 3 aromatic rings. The lowest BCUT2D eigenvalue weighted by Gasteiger charge is -2.07. The molecule has 0 amide bonds. The van der Waals surface area contributed by atoms with Gasteiger partial charge in [-0.2, -0.15) is 0 Å². The number of nitrogens with zero attached hydrogens (tertiary/aromatic N) is 1. The van der Waals surface area contributed by atoms with Crippen molar-refractivity contribution >= 4 is 0 Å². The molecule has 1 heterocycles. The highest BCUT2D eigenvalue weighted by atomic mass is 16.7. The highest BCUT2D eigenvalue weighted by molar-refractivity contribution is 5.26. The minimum absolute atomic E-state index is 0.233. The molecule has 5 nitrogen and oxygen atoms in total. The van der Waals surface area contributed by atoms with Gasteiger partial charge in [-0.05, 0) is 42.0 Å². The highest BCUT2D eigenvalue weighted by Gasteiger charge is 2.04. The second kappa shape index (κ2) is 10.3. The van der Waals surface area contributed by atoms with Crippen LogP contribution in [-0.2, 0) is 22.6 Å². The van der Waals surface area contributed by atoms with Crippen molar-refractivity contribution < 1.29 is 23.5 Å². The number of rotatable bonds is 10. The summed E-state index contributed by atoms with van der Waals surface area (Å²) in [5.74, 6) is 1.61. The SMILES string of the molecule is COCOc1ccc(C[n+]2ccc(COCOc3ccccc3)cc2)cc1. The van der Waals surface area contributed by atoms with Crippen molar-refractivity contribution in [3.05, 3.63) is 90.3 Å². The summed E-state index contributed by atoms with van der Waals surface area (Å²) in [6.07, 6.45) is 4.10. The molecule has 0 fully saturated rings. The minimum atomic E-state index is 0.233. The van der Waals surface area contributed by atoms with Crippen LogP contribution in [-0.4, -0.2) is 20.7 Å². The largest absolute Gasteiger partial charge is 0.468 e. The van der Waals surface area contributed by atoms with Gasteiger partial charge in [0.1, 0.15) is 11.5 Å². The van der Waals surface area contributed by atoms with Gasteiger partial charge in [-0.25, -0.2) is 4.57 Å². The summed E-state index contributed by atoms with van der Waals surface area (Å²) in [5.41, 5.74) is 2.30. The van der Waals surface area contributed by atoms with Gasteiger partial charge >= 0.3 is 0 Å². The first-order valence-electron chi connectivity index (χ1n) is 8.78. The molecule has 0 aliphatic carbocycles. The summed E-state index contributed by atoms with van der Waals surface area (Å²) in [4.78, 5) is 0. The van der Waals surface area contributed by atoms with Crippen LogP contribution in [0.5, 0.6) is 11.5 Å². The maximum atomic E-state index is 5.57. The predicted molar refractivity (Wildman–Crippen MR) is 101 cm³/mol. The van der Waals surface area contributed by atoms with Gasteiger partial charge in [-0.1, -0.05) is 18.2 Å². The molecule has 2 aromatic carbocycles. The Hall–Kier alpha value is -2.89. The van der Waals surface area contributed by atoms with Crippen LogP contribution in [0, 0.1) is 0 Å². The molecule has 0 aliphatic rings. The second-order valence-corrected chi connectivity index (χ2v) is 6.00. The van der Waals surface area contributed by atoms with Crippen LogP contribution in [0.1, 0.15) is 11.1 Å². The lowest BCUT2D eigenvalue weighted by Crippen LogP contribution is -2.33. The average molecular weight is 366 g/mol. The Balaban J connectivity index is 1.43.